The Balaban J connectivity index is 2.72. The number of carboxylic acids is 1. The van der Waals surface area contributed by atoms with E-state index in [1.165, 1.54) is 0 Å². The maximum atomic E-state index is 10.9. The SMILES string of the molecule is CN(CC(C)(C)C(=O)O)c1ccccn1. The summed E-state index contributed by atoms with van der Waals surface area (Å²) in [6.07, 6.45) is 1.69. The van der Waals surface area contributed by atoms with Gasteiger partial charge in [0.2, 0.25) is 0 Å². The largest absolute Gasteiger partial charge is 0.481 e. The summed E-state index contributed by atoms with van der Waals surface area (Å²) in [7, 11) is 1.84. The van der Waals surface area contributed by atoms with Crippen LogP contribution >= 0.6 is 0 Å². The summed E-state index contributed by atoms with van der Waals surface area (Å²) < 4.78 is 0. The van der Waals surface area contributed by atoms with Gasteiger partial charge in [0, 0.05) is 19.8 Å². The number of rotatable bonds is 4. The normalized spacial score (nSPS) is 11.1. The van der Waals surface area contributed by atoms with Crippen molar-refractivity contribution in [2.24, 2.45) is 5.41 Å². The molecule has 0 aliphatic carbocycles. The lowest BCUT2D eigenvalue weighted by Gasteiger charge is -2.27. The Hall–Kier alpha value is -1.58. The molecule has 1 aromatic heterocycles. The van der Waals surface area contributed by atoms with E-state index < -0.39 is 11.4 Å². The summed E-state index contributed by atoms with van der Waals surface area (Å²) in [5.74, 6) is -0.0166. The zero-order valence-corrected chi connectivity index (χ0v) is 9.27. The Bertz CT molecular complexity index is 336. The van der Waals surface area contributed by atoms with Crippen LogP contribution in [0.15, 0.2) is 24.4 Å². The van der Waals surface area contributed by atoms with Gasteiger partial charge in [-0.2, -0.15) is 0 Å². The van der Waals surface area contributed by atoms with Crippen LogP contribution in [0.2, 0.25) is 0 Å². The van der Waals surface area contributed by atoms with Crippen LogP contribution in [0.1, 0.15) is 13.8 Å². The Kier molecular flexibility index (Phi) is 3.29. The van der Waals surface area contributed by atoms with Crippen molar-refractivity contribution in [2.45, 2.75) is 13.8 Å². The van der Waals surface area contributed by atoms with Crippen LogP contribution in [-0.4, -0.2) is 29.7 Å². The molecule has 4 nitrogen and oxygen atoms in total. The molecule has 0 amide bonds. The fraction of sp³-hybridized carbons (Fsp3) is 0.455. The van der Waals surface area contributed by atoms with Crippen molar-refractivity contribution in [3.8, 4) is 0 Å². The molecule has 0 aromatic carbocycles. The van der Waals surface area contributed by atoms with Gasteiger partial charge in [-0.15, -0.1) is 0 Å². The van der Waals surface area contributed by atoms with Crippen molar-refractivity contribution in [3.63, 3.8) is 0 Å². The van der Waals surface area contributed by atoms with Crippen LogP contribution in [0, 0.1) is 5.41 Å². The zero-order valence-electron chi connectivity index (χ0n) is 9.27. The maximum Gasteiger partial charge on any atom is 0.310 e. The summed E-state index contributed by atoms with van der Waals surface area (Å²) in [6.45, 7) is 3.84. The fourth-order valence-electron chi connectivity index (χ4n) is 1.32. The zero-order chi connectivity index (χ0) is 11.5. The van der Waals surface area contributed by atoms with E-state index in [1.807, 2.05) is 30.1 Å². The van der Waals surface area contributed by atoms with E-state index in [1.54, 1.807) is 20.0 Å². The molecular formula is C11H16N2O2. The topological polar surface area (TPSA) is 53.4 Å². The Morgan fingerprint density at radius 3 is 2.67 bits per heavy atom. The van der Waals surface area contributed by atoms with E-state index in [0.29, 0.717) is 6.54 Å². The first-order chi connectivity index (χ1) is 6.93. The number of carbonyl (C=O) groups is 1. The smallest absolute Gasteiger partial charge is 0.310 e. The van der Waals surface area contributed by atoms with Crippen LogP contribution in [0.25, 0.3) is 0 Å². The van der Waals surface area contributed by atoms with E-state index in [0.717, 1.165) is 5.82 Å². The molecular weight excluding hydrogens is 192 g/mol. The molecule has 4 heteroatoms. The lowest BCUT2D eigenvalue weighted by atomic mass is 9.93. The molecule has 1 heterocycles. The molecule has 0 saturated carbocycles. The van der Waals surface area contributed by atoms with Gasteiger partial charge in [0.05, 0.1) is 5.41 Å². The maximum absolute atomic E-state index is 10.9. The summed E-state index contributed by atoms with van der Waals surface area (Å²) in [6, 6.07) is 5.57. The third-order valence-electron chi connectivity index (χ3n) is 2.25. The van der Waals surface area contributed by atoms with Crippen LogP contribution in [0.3, 0.4) is 0 Å². The number of hydrogen-bond donors (Lipinski definition) is 1. The molecule has 1 aromatic rings. The molecule has 0 aliphatic rings. The van der Waals surface area contributed by atoms with Gasteiger partial charge in [-0.25, -0.2) is 4.98 Å². The van der Waals surface area contributed by atoms with Gasteiger partial charge in [-0.3, -0.25) is 4.79 Å². The van der Waals surface area contributed by atoms with Crippen LogP contribution < -0.4 is 4.90 Å². The van der Waals surface area contributed by atoms with Crippen molar-refractivity contribution in [2.75, 3.05) is 18.5 Å². The number of nitrogens with zero attached hydrogens (tertiary/aromatic N) is 2. The first-order valence-electron chi connectivity index (χ1n) is 4.79. The van der Waals surface area contributed by atoms with E-state index >= 15 is 0 Å². The molecule has 0 spiro atoms. The predicted octanol–water partition coefficient (Wildman–Crippen LogP) is 1.63. The highest BCUT2D eigenvalue weighted by Gasteiger charge is 2.28. The summed E-state index contributed by atoms with van der Waals surface area (Å²) in [4.78, 5) is 16.9. The van der Waals surface area contributed by atoms with E-state index in [2.05, 4.69) is 4.98 Å². The van der Waals surface area contributed by atoms with Crippen molar-refractivity contribution in [3.05, 3.63) is 24.4 Å². The number of anilines is 1. The minimum absolute atomic E-state index is 0.430. The summed E-state index contributed by atoms with van der Waals surface area (Å²) in [5.41, 5.74) is -0.772. The molecule has 0 atom stereocenters. The number of pyridine rings is 1. The quantitative estimate of drug-likeness (QED) is 0.817. The summed E-state index contributed by atoms with van der Waals surface area (Å²) >= 11 is 0. The van der Waals surface area contributed by atoms with E-state index in [9.17, 15) is 4.79 Å². The average molecular weight is 208 g/mol. The van der Waals surface area contributed by atoms with Gasteiger partial charge in [0.25, 0.3) is 0 Å². The van der Waals surface area contributed by atoms with Crippen molar-refractivity contribution >= 4 is 11.8 Å². The van der Waals surface area contributed by atoms with Crippen molar-refractivity contribution in [1.82, 2.24) is 4.98 Å². The highest BCUT2D eigenvalue weighted by Crippen LogP contribution is 2.19. The molecule has 1 N–H and O–H groups in total. The van der Waals surface area contributed by atoms with Gasteiger partial charge in [-0.05, 0) is 26.0 Å². The van der Waals surface area contributed by atoms with E-state index in [4.69, 9.17) is 5.11 Å². The lowest BCUT2D eigenvalue weighted by Crippen LogP contribution is -2.37. The van der Waals surface area contributed by atoms with Gasteiger partial charge < -0.3 is 10.0 Å². The molecule has 0 saturated heterocycles. The molecule has 15 heavy (non-hydrogen) atoms. The Morgan fingerprint density at radius 2 is 2.20 bits per heavy atom. The van der Waals surface area contributed by atoms with Crippen LogP contribution in [-0.2, 0) is 4.79 Å². The number of hydrogen-bond acceptors (Lipinski definition) is 3. The van der Waals surface area contributed by atoms with E-state index in [-0.39, 0.29) is 0 Å². The molecule has 0 fully saturated rings. The molecule has 0 bridgehead atoms. The van der Waals surface area contributed by atoms with Gasteiger partial charge >= 0.3 is 5.97 Å². The first-order valence-corrected chi connectivity index (χ1v) is 4.79. The monoisotopic (exact) mass is 208 g/mol. The number of carboxylic acid groups (broad SMARTS) is 1. The van der Waals surface area contributed by atoms with Gasteiger partial charge in [-0.1, -0.05) is 6.07 Å². The second kappa shape index (κ2) is 4.29. The third-order valence-corrected chi connectivity index (χ3v) is 2.25. The first kappa shape index (κ1) is 11.5. The molecule has 1 rings (SSSR count). The van der Waals surface area contributed by atoms with Crippen molar-refractivity contribution in [1.29, 1.82) is 0 Å². The third kappa shape index (κ3) is 2.94. The van der Waals surface area contributed by atoms with Crippen molar-refractivity contribution < 1.29 is 9.90 Å². The minimum Gasteiger partial charge on any atom is -0.481 e. The lowest BCUT2D eigenvalue weighted by molar-refractivity contribution is -0.146. The summed E-state index contributed by atoms with van der Waals surface area (Å²) in [5, 5.41) is 8.99. The Labute approximate surface area is 89.6 Å². The second-order valence-corrected chi connectivity index (χ2v) is 4.23. The van der Waals surface area contributed by atoms with Gasteiger partial charge in [0.15, 0.2) is 0 Å². The minimum atomic E-state index is -0.801. The predicted molar refractivity (Wildman–Crippen MR) is 58.9 cm³/mol. The average Bonchev–Trinajstić information content (AvgIpc) is 2.18. The van der Waals surface area contributed by atoms with Gasteiger partial charge in [0.1, 0.15) is 5.82 Å². The highest BCUT2D eigenvalue weighted by atomic mass is 16.4. The van der Waals surface area contributed by atoms with Crippen LogP contribution in [0.4, 0.5) is 5.82 Å². The molecule has 0 radical (unpaired) electrons. The molecule has 0 unspecified atom stereocenters. The highest BCUT2D eigenvalue weighted by molar-refractivity contribution is 5.74. The number of aromatic nitrogens is 1. The second-order valence-electron chi connectivity index (χ2n) is 4.23. The Morgan fingerprint density at radius 1 is 1.53 bits per heavy atom. The number of aliphatic carboxylic acids is 1. The fourth-order valence-corrected chi connectivity index (χ4v) is 1.32. The van der Waals surface area contributed by atoms with Crippen LogP contribution in [0.5, 0.6) is 0 Å². The molecule has 82 valence electrons. The molecule has 0 aliphatic heterocycles. The standard InChI is InChI=1S/C11H16N2O2/c1-11(2,10(14)15)8-13(3)9-6-4-5-7-12-9/h4-7H,8H2,1-3H3,(H,14,15).